The van der Waals surface area contributed by atoms with Crippen molar-refractivity contribution in [2.75, 3.05) is 18.6 Å². The number of thiazole rings is 1. The van der Waals surface area contributed by atoms with Gasteiger partial charge in [-0.05, 0) is 5.92 Å². The van der Waals surface area contributed by atoms with E-state index in [9.17, 15) is 13.2 Å². The van der Waals surface area contributed by atoms with Gasteiger partial charge in [-0.3, -0.25) is 4.79 Å². The van der Waals surface area contributed by atoms with E-state index in [0.29, 0.717) is 13.1 Å². The molecule has 0 aliphatic carbocycles. The van der Waals surface area contributed by atoms with Gasteiger partial charge in [-0.1, -0.05) is 13.8 Å². The Bertz CT molecular complexity index is 480. The highest BCUT2D eigenvalue weighted by molar-refractivity contribution is 7.91. The largest absolute Gasteiger partial charge is 0.335 e. The molecule has 0 fully saturated rings. The number of carbonyl (C=O) groups excluding carboxylic acids is 1. The zero-order chi connectivity index (χ0) is 13.8. The summed E-state index contributed by atoms with van der Waals surface area (Å²) in [7, 11) is -3.29. The minimum Gasteiger partial charge on any atom is -0.335 e. The van der Waals surface area contributed by atoms with Gasteiger partial charge < -0.3 is 4.90 Å². The molecule has 0 saturated carbocycles. The van der Waals surface area contributed by atoms with Crippen LogP contribution in [0, 0.1) is 5.92 Å². The van der Waals surface area contributed by atoms with E-state index >= 15 is 0 Å². The minimum absolute atomic E-state index is 0.286. The molecule has 1 heterocycles. The van der Waals surface area contributed by atoms with Crippen LogP contribution in [0.2, 0.25) is 0 Å². The Labute approximate surface area is 112 Å². The molecule has 0 radical (unpaired) electrons. The molecule has 0 spiro atoms. The zero-order valence-corrected chi connectivity index (χ0v) is 12.4. The number of nitrogens with zero attached hydrogens (tertiary/aromatic N) is 2. The lowest BCUT2D eigenvalue weighted by Crippen LogP contribution is -2.37. The van der Waals surface area contributed by atoms with Gasteiger partial charge in [0.1, 0.15) is 10.8 Å². The molecule has 1 aromatic heterocycles. The fourth-order valence-corrected chi connectivity index (χ4v) is 2.77. The molecule has 0 saturated heterocycles. The van der Waals surface area contributed by atoms with Crippen LogP contribution in [0.3, 0.4) is 0 Å². The lowest BCUT2D eigenvalue weighted by molar-refractivity contribution is -0.129. The quantitative estimate of drug-likeness (QED) is 0.789. The summed E-state index contributed by atoms with van der Waals surface area (Å²) in [6, 6.07) is 0. The Balaban J connectivity index is 2.74. The van der Waals surface area contributed by atoms with Crippen LogP contribution in [0.1, 0.15) is 18.9 Å². The minimum atomic E-state index is -3.29. The Hall–Kier alpha value is -0.950. The van der Waals surface area contributed by atoms with Crippen LogP contribution in [0.15, 0.2) is 11.6 Å². The van der Waals surface area contributed by atoms with Crippen LogP contribution in [0.25, 0.3) is 0 Å². The number of hydrogen-bond donors (Lipinski definition) is 0. The summed E-state index contributed by atoms with van der Waals surface area (Å²) in [4.78, 5) is 17.6. The number of hydrogen-bond acceptors (Lipinski definition) is 5. The Morgan fingerprint density at radius 1 is 1.50 bits per heavy atom. The molecule has 0 unspecified atom stereocenters. The summed E-state index contributed by atoms with van der Waals surface area (Å²) in [6.07, 6.45) is 2.75. The van der Waals surface area contributed by atoms with Crippen LogP contribution in [0.4, 0.5) is 0 Å². The third-order valence-corrected chi connectivity index (χ3v) is 3.67. The van der Waals surface area contributed by atoms with Gasteiger partial charge >= 0.3 is 0 Å². The highest BCUT2D eigenvalue weighted by Crippen LogP contribution is 2.11. The van der Waals surface area contributed by atoms with Crippen LogP contribution in [-0.2, 0) is 21.2 Å². The fraction of sp³-hybridized carbons (Fsp3) is 0.636. The molecular weight excluding hydrogens is 272 g/mol. The van der Waals surface area contributed by atoms with Crippen molar-refractivity contribution in [2.24, 2.45) is 5.92 Å². The van der Waals surface area contributed by atoms with Crippen molar-refractivity contribution >= 4 is 27.1 Å². The van der Waals surface area contributed by atoms with E-state index in [1.807, 2.05) is 19.2 Å². The van der Waals surface area contributed by atoms with Crippen molar-refractivity contribution in [3.63, 3.8) is 0 Å². The van der Waals surface area contributed by atoms with E-state index in [4.69, 9.17) is 0 Å². The molecule has 5 nitrogen and oxygen atoms in total. The van der Waals surface area contributed by atoms with Crippen LogP contribution in [-0.4, -0.2) is 42.8 Å². The molecule has 102 valence electrons. The van der Waals surface area contributed by atoms with Crippen molar-refractivity contribution in [2.45, 2.75) is 20.4 Å². The van der Waals surface area contributed by atoms with Crippen LogP contribution in [0.5, 0.6) is 0 Å². The predicted molar refractivity (Wildman–Crippen MR) is 72.1 cm³/mol. The summed E-state index contributed by atoms with van der Waals surface area (Å²) >= 11 is 1.46. The number of rotatable bonds is 6. The lowest BCUT2D eigenvalue weighted by Gasteiger charge is -2.23. The molecule has 0 aliphatic heterocycles. The molecule has 1 amide bonds. The number of amides is 1. The van der Waals surface area contributed by atoms with Gasteiger partial charge in [0.2, 0.25) is 5.91 Å². The summed E-state index contributed by atoms with van der Waals surface area (Å²) in [5, 5.41) is 2.65. The summed E-state index contributed by atoms with van der Waals surface area (Å²) < 4.78 is 22.3. The van der Waals surface area contributed by atoms with Gasteiger partial charge in [-0.15, -0.1) is 11.3 Å². The van der Waals surface area contributed by atoms with Crippen molar-refractivity contribution in [3.05, 3.63) is 16.6 Å². The number of sulfone groups is 1. The topological polar surface area (TPSA) is 67.3 Å². The summed E-state index contributed by atoms with van der Waals surface area (Å²) in [5.41, 5.74) is 0. The van der Waals surface area contributed by atoms with Gasteiger partial charge in [0.15, 0.2) is 9.84 Å². The van der Waals surface area contributed by atoms with Gasteiger partial charge in [-0.25, -0.2) is 13.4 Å². The van der Waals surface area contributed by atoms with E-state index in [0.717, 1.165) is 11.3 Å². The van der Waals surface area contributed by atoms with Crippen molar-refractivity contribution in [1.29, 1.82) is 0 Å². The Morgan fingerprint density at radius 3 is 2.61 bits per heavy atom. The van der Waals surface area contributed by atoms with Gasteiger partial charge in [-0.2, -0.15) is 0 Å². The maximum atomic E-state index is 11.9. The highest BCUT2D eigenvalue weighted by atomic mass is 32.2. The number of carbonyl (C=O) groups is 1. The van der Waals surface area contributed by atoms with E-state index in [1.54, 1.807) is 11.1 Å². The molecule has 0 aliphatic rings. The molecule has 1 aromatic rings. The first kappa shape index (κ1) is 15.1. The molecule has 0 N–H and O–H groups in total. The third-order valence-electron chi connectivity index (χ3n) is 2.13. The average molecular weight is 290 g/mol. The second-order valence-corrected chi connectivity index (χ2v) is 7.78. The van der Waals surface area contributed by atoms with E-state index in [2.05, 4.69) is 4.98 Å². The zero-order valence-electron chi connectivity index (χ0n) is 10.8. The van der Waals surface area contributed by atoms with Gasteiger partial charge in [0.05, 0.1) is 6.54 Å². The first-order valence-corrected chi connectivity index (χ1v) is 8.56. The third kappa shape index (κ3) is 5.59. The van der Waals surface area contributed by atoms with Crippen LogP contribution < -0.4 is 0 Å². The Kier molecular flexibility index (Phi) is 5.28. The molecule has 1 rings (SSSR count). The fourth-order valence-electron chi connectivity index (χ4n) is 1.51. The first-order valence-electron chi connectivity index (χ1n) is 5.62. The molecule has 18 heavy (non-hydrogen) atoms. The standard InChI is InChI=1S/C11H18N2O3S2/c1-9(2)6-13(7-10-12-4-5-17-10)11(14)8-18(3,15)16/h4-5,9H,6-8H2,1-3H3. The average Bonchev–Trinajstić information content (AvgIpc) is 2.65. The molecule has 0 aromatic carbocycles. The molecule has 0 atom stereocenters. The second kappa shape index (κ2) is 6.29. The van der Waals surface area contributed by atoms with Gasteiger partial charge in [0.25, 0.3) is 0 Å². The lowest BCUT2D eigenvalue weighted by atomic mass is 10.2. The second-order valence-electron chi connectivity index (χ2n) is 4.66. The van der Waals surface area contributed by atoms with Crippen LogP contribution >= 0.6 is 11.3 Å². The normalized spacial score (nSPS) is 11.8. The van der Waals surface area contributed by atoms with E-state index in [1.165, 1.54) is 11.3 Å². The van der Waals surface area contributed by atoms with Crippen molar-refractivity contribution < 1.29 is 13.2 Å². The summed E-state index contributed by atoms with van der Waals surface area (Å²) in [6.45, 7) is 4.89. The highest BCUT2D eigenvalue weighted by Gasteiger charge is 2.20. The maximum Gasteiger partial charge on any atom is 0.238 e. The first-order chi connectivity index (χ1) is 8.28. The molecule has 7 heteroatoms. The smallest absolute Gasteiger partial charge is 0.238 e. The SMILES string of the molecule is CC(C)CN(Cc1nccs1)C(=O)CS(C)(=O)=O. The predicted octanol–water partition coefficient (Wildman–Crippen LogP) is 1.17. The van der Waals surface area contributed by atoms with Crippen molar-refractivity contribution in [3.8, 4) is 0 Å². The van der Waals surface area contributed by atoms with E-state index < -0.39 is 15.6 Å². The monoisotopic (exact) mass is 290 g/mol. The Morgan fingerprint density at radius 2 is 2.17 bits per heavy atom. The maximum absolute atomic E-state index is 11.9. The van der Waals surface area contributed by atoms with Crippen molar-refractivity contribution in [1.82, 2.24) is 9.88 Å². The number of aromatic nitrogens is 1. The van der Waals surface area contributed by atoms with Gasteiger partial charge in [0, 0.05) is 24.4 Å². The van der Waals surface area contributed by atoms with E-state index in [-0.39, 0.29) is 11.8 Å². The molecule has 0 bridgehead atoms. The molecular formula is C11H18N2O3S2. The summed E-state index contributed by atoms with van der Waals surface area (Å²) in [5.74, 6) is -0.514.